The molecule has 1 unspecified atom stereocenters. The van der Waals surface area contributed by atoms with E-state index in [4.69, 9.17) is 21.3 Å². The molecule has 0 saturated heterocycles. The van der Waals surface area contributed by atoms with E-state index in [9.17, 15) is 0 Å². The molecule has 0 spiro atoms. The van der Waals surface area contributed by atoms with Gasteiger partial charge in [-0.05, 0) is 47.0 Å². The molecule has 4 nitrogen and oxygen atoms in total. The molecule has 0 amide bonds. The van der Waals surface area contributed by atoms with Crippen LogP contribution in [0.4, 0.5) is 5.69 Å². The molecule has 1 atom stereocenters. The number of aromatic nitrogens is 2. The van der Waals surface area contributed by atoms with Crippen molar-refractivity contribution in [2.75, 3.05) is 12.4 Å². The lowest BCUT2D eigenvalue weighted by Crippen LogP contribution is -2.16. The Kier molecular flexibility index (Phi) is 5.96. The Morgan fingerprint density at radius 3 is 2.36 bits per heavy atom. The second kappa shape index (κ2) is 9.56. The maximum atomic E-state index is 6.26. The van der Waals surface area contributed by atoms with Gasteiger partial charge in [-0.25, -0.2) is 4.98 Å². The minimum Gasteiger partial charge on any atom is -0.497 e. The quantitative estimate of drug-likeness (QED) is 0.279. The summed E-state index contributed by atoms with van der Waals surface area (Å²) in [5.74, 6) is 1.89. The van der Waals surface area contributed by atoms with Gasteiger partial charge in [-0.3, -0.25) is 0 Å². The van der Waals surface area contributed by atoms with Gasteiger partial charge in [0.2, 0.25) is 0 Å². The third kappa shape index (κ3) is 4.25. The molecule has 0 radical (unpaired) electrons. The van der Waals surface area contributed by atoms with E-state index < -0.39 is 0 Å². The van der Waals surface area contributed by atoms with Gasteiger partial charge in [0, 0.05) is 22.7 Å². The number of hydrogen-bond donors (Lipinski definition) is 1. The average Bonchev–Trinajstić information content (AvgIpc) is 3.16. The molecule has 2 heterocycles. The van der Waals surface area contributed by atoms with Crippen LogP contribution < -0.4 is 10.1 Å². The molecule has 4 aromatic carbocycles. The van der Waals surface area contributed by atoms with E-state index in [0.29, 0.717) is 0 Å². The van der Waals surface area contributed by atoms with E-state index in [1.165, 1.54) is 11.1 Å². The van der Waals surface area contributed by atoms with Crippen LogP contribution in [0.5, 0.6) is 5.75 Å². The number of anilines is 1. The van der Waals surface area contributed by atoms with Gasteiger partial charge in [-0.15, -0.1) is 0 Å². The molecule has 0 fully saturated rings. The predicted molar refractivity (Wildman–Crippen MR) is 146 cm³/mol. The predicted octanol–water partition coefficient (Wildman–Crippen LogP) is 7.37. The summed E-state index contributed by atoms with van der Waals surface area (Å²) in [6.45, 7) is 0.744. The highest BCUT2D eigenvalue weighted by atomic mass is 35.5. The fourth-order valence-corrected chi connectivity index (χ4v) is 5.07. The molecule has 5 aromatic rings. The average molecular weight is 492 g/mol. The van der Waals surface area contributed by atoms with Crippen LogP contribution in [0.1, 0.15) is 34.3 Å². The van der Waals surface area contributed by atoms with Crippen molar-refractivity contribution in [1.82, 2.24) is 9.55 Å². The summed E-state index contributed by atoms with van der Waals surface area (Å²) >= 11 is 6.26. The van der Waals surface area contributed by atoms with Crippen LogP contribution >= 0.6 is 11.6 Å². The highest BCUT2D eigenvalue weighted by molar-refractivity contribution is 6.30. The Labute approximate surface area is 216 Å². The first-order valence-corrected chi connectivity index (χ1v) is 12.4. The summed E-state index contributed by atoms with van der Waals surface area (Å²) in [7, 11) is 1.69. The van der Waals surface area contributed by atoms with Crippen LogP contribution in [0.2, 0.25) is 5.02 Å². The first-order valence-electron chi connectivity index (χ1n) is 12.1. The van der Waals surface area contributed by atoms with Crippen LogP contribution in [0.25, 0.3) is 11.3 Å². The largest absolute Gasteiger partial charge is 0.497 e. The van der Waals surface area contributed by atoms with Crippen molar-refractivity contribution in [2.45, 2.75) is 19.0 Å². The van der Waals surface area contributed by atoms with E-state index >= 15 is 0 Å². The van der Waals surface area contributed by atoms with Gasteiger partial charge in [-0.1, -0.05) is 84.4 Å². The minimum atomic E-state index is -0.0850. The summed E-state index contributed by atoms with van der Waals surface area (Å²) in [6, 6.07) is 35.2. The first-order chi connectivity index (χ1) is 17.7. The first kappa shape index (κ1) is 22.4. The fourth-order valence-electron chi connectivity index (χ4n) is 4.94. The summed E-state index contributed by atoms with van der Waals surface area (Å²) < 4.78 is 7.75. The number of halogens is 1. The van der Waals surface area contributed by atoms with E-state index in [2.05, 4.69) is 82.7 Å². The number of methoxy groups -OCH3 is 1. The molecular formula is C31H26ClN3O. The zero-order chi connectivity index (χ0) is 24.5. The summed E-state index contributed by atoms with van der Waals surface area (Å²) in [5.41, 5.74) is 7.97. The number of ether oxygens (including phenoxy) is 1. The zero-order valence-electron chi connectivity index (χ0n) is 20.0. The summed E-state index contributed by atoms with van der Waals surface area (Å²) in [5, 5.41) is 4.56. The van der Waals surface area contributed by atoms with Crippen molar-refractivity contribution < 1.29 is 4.74 Å². The number of fused-ring (bicyclic) bond motifs is 2. The normalized spacial score (nSPS) is 14.3. The Hall–Kier alpha value is -4.02. The standard InChI is InChI=1S/C31H26ClN3O/c1-36-26-17-11-21(12-18-26)19-28-34-30(22-7-3-2-4-8-22)31-29(23-13-15-25(32)16-14-23)33-27-10-6-5-9-24(27)20-35(28)31/h2-18,29,33H,19-20H2,1H3. The lowest BCUT2D eigenvalue weighted by Gasteiger charge is -2.21. The van der Waals surface area contributed by atoms with Crippen LogP contribution in [0.15, 0.2) is 103 Å². The van der Waals surface area contributed by atoms with Crippen LogP contribution in [0, 0.1) is 0 Å². The summed E-state index contributed by atoms with van der Waals surface area (Å²) in [6.07, 6.45) is 0.722. The highest BCUT2D eigenvalue weighted by Crippen LogP contribution is 2.39. The number of nitrogens with zero attached hydrogens (tertiary/aromatic N) is 2. The second-order valence-corrected chi connectivity index (χ2v) is 9.46. The molecule has 36 heavy (non-hydrogen) atoms. The van der Waals surface area contributed by atoms with Gasteiger partial charge in [0.25, 0.3) is 0 Å². The van der Waals surface area contributed by atoms with Crippen LogP contribution in [0.3, 0.4) is 0 Å². The van der Waals surface area contributed by atoms with Crippen molar-refractivity contribution in [2.24, 2.45) is 0 Å². The number of rotatable bonds is 5. The fraction of sp³-hybridized carbons (Fsp3) is 0.129. The number of nitrogens with one attached hydrogen (secondary N) is 1. The monoisotopic (exact) mass is 491 g/mol. The Bertz CT molecular complexity index is 1490. The maximum Gasteiger partial charge on any atom is 0.118 e. The highest BCUT2D eigenvalue weighted by Gasteiger charge is 2.30. The zero-order valence-corrected chi connectivity index (χ0v) is 20.7. The molecule has 1 aliphatic heterocycles. The smallest absolute Gasteiger partial charge is 0.118 e. The SMILES string of the molecule is COc1ccc(Cc2nc(-c3ccccc3)c3n2Cc2ccccc2NC3c2ccc(Cl)cc2)cc1. The third-order valence-electron chi connectivity index (χ3n) is 6.78. The minimum absolute atomic E-state index is 0.0850. The number of imidazole rings is 1. The molecular weight excluding hydrogens is 466 g/mol. The Balaban J connectivity index is 1.56. The third-order valence-corrected chi connectivity index (χ3v) is 7.03. The molecule has 1 aromatic heterocycles. The van der Waals surface area contributed by atoms with E-state index in [1.807, 2.05) is 30.3 Å². The van der Waals surface area contributed by atoms with Crippen molar-refractivity contribution in [1.29, 1.82) is 0 Å². The summed E-state index contributed by atoms with van der Waals surface area (Å²) in [4.78, 5) is 5.27. The molecule has 0 aliphatic carbocycles. The maximum absolute atomic E-state index is 6.26. The van der Waals surface area contributed by atoms with Crippen molar-refractivity contribution >= 4 is 17.3 Å². The van der Waals surface area contributed by atoms with Crippen molar-refractivity contribution in [3.8, 4) is 17.0 Å². The van der Waals surface area contributed by atoms with Crippen molar-refractivity contribution in [3.05, 3.63) is 136 Å². The van der Waals surface area contributed by atoms with Crippen LogP contribution in [-0.2, 0) is 13.0 Å². The topological polar surface area (TPSA) is 39.1 Å². The molecule has 5 heteroatoms. The molecule has 0 saturated carbocycles. The van der Waals surface area contributed by atoms with Crippen LogP contribution in [-0.4, -0.2) is 16.7 Å². The van der Waals surface area contributed by atoms with E-state index in [0.717, 1.165) is 57.8 Å². The number of para-hydroxylation sites is 1. The van der Waals surface area contributed by atoms with Gasteiger partial charge >= 0.3 is 0 Å². The van der Waals surface area contributed by atoms with E-state index in [-0.39, 0.29) is 6.04 Å². The number of benzene rings is 4. The number of hydrogen-bond acceptors (Lipinski definition) is 3. The van der Waals surface area contributed by atoms with Gasteiger partial charge < -0.3 is 14.6 Å². The molecule has 1 N–H and O–H groups in total. The molecule has 0 bridgehead atoms. The van der Waals surface area contributed by atoms with Gasteiger partial charge in [0.1, 0.15) is 11.6 Å². The Morgan fingerprint density at radius 1 is 0.889 bits per heavy atom. The molecule has 6 rings (SSSR count). The lowest BCUT2D eigenvalue weighted by molar-refractivity contribution is 0.414. The van der Waals surface area contributed by atoms with Gasteiger partial charge in [-0.2, -0.15) is 0 Å². The Morgan fingerprint density at radius 2 is 1.61 bits per heavy atom. The lowest BCUT2D eigenvalue weighted by atomic mass is 9.99. The van der Waals surface area contributed by atoms with Gasteiger partial charge in [0.15, 0.2) is 0 Å². The van der Waals surface area contributed by atoms with Gasteiger partial charge in [0.05, 0.1) is 31.1 Å². The van der Waals surface area contributed by atoms with Crippen molar-refractivity contribution in [3.63, 3.8) is 0 Å². The molecule has 178 valence electrons. The van der Waals surface area contributed by atoms with E-state index in [1.54, 1.807) is 7.11 Å². The molecule has 1 aliphatic rings. The second-order valence-electron chi connectivity index (χ2n) is 9.02.